The van der Waals surface area contributed by atoms with E-state index in [0.29, 0.717) is 22.8 Å². The molecule has 2 aromatic carbocycles. The summed E-state index contributed by atoms with van der Waals surface area (Å²) in [7, 11) is 0. The minimum absolute atomic E-state index is 0.314. The van der Waals surface area contributed by atoms with Crippen LogP contribution in [-0.2, 0) is 4.79 Å². The van der Waals surface area contributed by atoms with Crippen LogP contribution in [0, 0.1) is 0 Å². The number of fused-ring (bicyclic) bond motifs is 1. The molecule has 166 valence electrons. The van der Waals surface area contributed by atoms with Crippen LogP contribution >= 0.6 is 0 Å². The van der Waals surface area contributed by atoms with Gasteiger partial charge in [0.15, 0.2) is 0 Å². The topological polar surface area (TPSA) is 98.7 Å². The standard InChI is InChI=1S/C24H22N6O3/c31-22(15-30-23(32)18-8-4-5-9-19(18)24(30)33)27-20-14-21(26-16-25-20)29-12-10-28(11-13-29)17-6-2-1-3-7-17/h1-9,14,16H,10-13,15H2,(H,25,26,27,31). The van der Waals surface area contributed by atoms with Crippen molar-refractivity contribution in [3.63, 3.8) is 0 Å². The highest BCUT2D eigenvalue weighted by molar-refractivity contribution is 6.22. The Hall–Kier alpha value is -4.27. The van der Waals surface area contributed by atoms with Gasteiger partial charge in [-0.2, -0.15) is 0 Å². The highest BCUT2D eigenvalue weighted by atomic mass is 16.2. The summed E-state index contributed by atoms with van der Waals surface area (Å²) in [5.41, 5.74) is 1.82. The van der Waals surface area contributed by atoms with Crippen LogP contribution in [0.15, 0.2) is 67.0 Å². The number of anilines is 3. The molecule has 0 unspecified atom stereocenters. The monoisotopic (exact) mass is 442 g/mol. The predicted molar refractivity (Wildman–Crippen MR) is 123 cm³/mol. The molecule has 1 saturated heterocycles. The Morgan fingerprint density at radius 1 is 0.818 bits per heavy atom. The summed E-state index contributed by atoms with van der Waals surface area (Å²) >= 11 is 0. The van der Waals surface area contributed by atoms with Gasteiger partial charge in [0.2, 0.25) is 5.91 Å². The van der Waals surface area contributed by atoms with E-state index in [4.69, 9.17) is 0 Å². The van der Waals surface area contributed by atoms with Crippen LogP contribution in [0.25, 0.3) is 0 Å². The lowest BCUT2D eigenvalue weighted by Gasteiger charge is -2.36. The van der Waals surface area contributed by atoms with E-state index in [1.54, 1.807) is 30.3 Å². The molecule has 9 heteroatoms. The van der Waals surface area contributed by atoms with Crippen LogP contribution in [-0.4, -0.2) is 65.3 Å². The second kappa shape index (κ2) is 8.70. The van der Waals surface area contributed by atoms with E-state index in [-0.39, 0.29) is 6.54 Å². The summed E-state index contributed by atoms with van der Waals surface area (Å²) in [5.74, 6) is -0.389. The molecule has 3 amide bonds. The molecular formula is C24H22N6O3. The summed E-state index contributed by atoms with van der Waals surface area (Å²) in [6.45, 7) is 2.91. The highest BCUT2D eigenvalue weighted by Crippen LogP contribution is 2.23. The Morgan fingerprint density at radius 2 is 1.42 bits per heavy atom. The number of amides is 3. The SMILES string of the molecule is O=C(CN1C(=O)c2ccccc2C1=O)Nc1cc(N2CCN(c3ccccc3)CC2)ncn1. The average molecular weight is 442 g/mol. The molecule has 1 N–H and O–H groups in total. The van der Waals surface area contributed by atoms with Gasteiger partial charge in [0.1, 0.15) is 24.5 Å². The fourth-order valence-corrected chi connectivity index (χ4v) is 4.13. The third-order valence-corrected chi connectivity index (χ3v) is 5.83. The number of piperazine rings is 1. The normalized spacial score (nSPS) is 15.6. The molecule has 33 heavy (non-hydrogen) atoms. The minimum atomic E-state index is -0.497. The number of nitrogens with zero attached hydrogens (tertiary/aromatic N) is 5. The number of carbonyl (C=O) groups excluding carboxylic acids is 3. The number of para-hydroxylation sites is 1. The summed E-state index contributed by atoms with van der Waals surface area (Å²) in [4.78, 5) is 51.4. The number of aromatic nitrogens is 2. The van der Waals surface area contributed by atoms with Gasteiger partial charge in [-0.25, -0.2) is 9.97 Å². The molecule has 2 aliphatic heterocycles. The Kier molecular flexibility index (Phi) is 5.43. The molecule has 0 bridgehead atoms. The van der Waals surface area contributed by atoms with Gasteiger partial charge in [-0.1, -0.05) is 30.3 Å². The van der Waals surface area contributed by atoms with Gasteiger partial charge in [-0.3, -0.25) is 19.3 Å². The van der Waals surface area contributed by atoms with E-state index < -0.39 is 17.7 Å². The Morgan fingerprint density at radius 3 is 2.09 bits per heavy atom. The number of rotatable bonds is 5. The Bertz CT molecular complexity index is 1170. The summed E-state index contributed by atoms with van der Waals surface area (Å²) in [6, 6.07) is 18.5. The van der Waals surface area contributed by atoms with E-state index >= 15 is 0 Å². The van der Waals surface area contributed by atoms with Crippen LogP contribution in [0.2, 0.25) is 0 Å². The van der Waals surface area contributed by atoms with Gasteiger partial charge in [0.05, 0.1) is 11.1 Å². The van der Waals surface area contributed by atoms with Gasteiger partial charge < -0.3 is 15.1 Å². The van der Waals surface area contributed by atoms with Crippen LogP contribution in [0.4, 0.5) is 17.3 Å². The van der Waals surface area contributed by atoms with Gasteiger partial charge in [0.25, 0.3) is 11.8 Å². The maximum atomic E-state index is 12.6. The van der Waals surface area contributed by atoms with Crippen LogP contribution in [0.1, 0.15) is 20.7 Å². The molecule has 1 fully saturated rings. The third-order valence-electron chi connectivity index (χ3n) is 5.83. The zero-order valence-corrected chi connectivity index (χ0v) is 17.8. The first-order chi connectivity index (χ1) is 16.1. The number of nitrogens with one attached hydrogen (secondary N) is 1. The lowest BCUT2D eigenvalue weighted by molar-refractivity contribution is -0.116. The van der Waals surface area contributed by atoms with Crippen molar-refractivity contribution < 1.29 is 14.4 Å². The molecule has 9 nitrogen and oxygen atoms in total. The van der Waals surface area contributed by atoms with Crippen LogP contribution in [0.3, 0.4) is 0 Å². The number of hydrogen-bond acceptors (Lipinski definition) is 7. The zero-order chi connectivity index (χ0) is 22.8. The van der Waals surface area contributed by atoms with Gasteiger partial charge in [0, 0.05) is 37.9 Å². The largest absolute Gasteiger partial charge is 0.368 e. The van der Waals surface area contributed by atoms with Crippen LogP contribution in [0.5, 0.6) is 0 Å². The smallest absolute Gasteiger partial charge is 0.262 e. The molecule has 0 saturated carbocycles. The number of hydrogen-bond donors (Lipinski definition) is 1. The summed E-state index contributed by atoms with van der Waals surface area (Å²) < 4.78 is 0. The lowest BCUT2D eigenvalue weighted by Crippen LogP contribution is -2.46. The van der Waals surface area contributed by atoms with Crippen molar-refractivity contribution in [3.8, 4) is 0 Å². The van der Waals surface area contributed by atoms with Gasteiger partial charge >= 0.3 is 0 Å². The van der Waals surface area contributed by atoms with E-state index in [1.807, 2.05) is 18.2 Å². The molecule has 5 rings (SSSR count). The van der Waals surface area contributed by atoms with Crippen molar-refractivity contribution in [2.24, 2.45) is 0 Å². The second-order valence-corrected chi connectivity index (χ2v) is 7.86. The minimum Gasteiger partial charge on any atom is -0.368 e. The van der Waals surface area contributed by atoms with E-state index in [1.165, 1.54) is 12.0 Å². The number of carbonyl (C=O) groups is 3. The first kappa shape index (κ1) is 20.6. The van der Waals surface area contributed by atoms with Crippen molar-refractivity contribution in [1.29, 1.82) is 0 Å². The molecule has 0 aliphatic carbocycles. The van der Waals surface area contributed by atoms with Gasteiger partial charge in [-0.15, -0.1) is 0 Å². The fourth-order valence-electron chi connectivity index (χ4n) is 4.13. The highest BCUT2D eigenvalue weighted by Gasteiger charge is 2.36. The zero-order valence-electron chi connectivity index (χ0n) is 17.8. The van der Waals surface area contributed by atoms with E-state index in [9.17, 15) is 14.4 Å². The first-order valence-electron chi connectivity index (χ1n) is 10.7. The molecule has 1 aromatic heterocycles. The molecule has 2 aliphatic rings. The number of benzene rings is 2. The molecular weight excluding hydrogens is 420 g/mol. The van der Waals surface area contributed by atoms with E-state index in [0.717, 1.165) is 31.1 Å². The molecule has 3 heterocycles. The molecule has 0 spiro atoms. The van der Waals surface area contributed by atoms with Crippen molar-refractivity contribution in [2.75, 3.05) is 47.8 Å². The summed E-state index contributed by atoms with van der Waals surface area (Å²) in [6.07, 6.45) is 1.40. The second-order valence-electron chi connectivity index (χ2n) is 7.86. The van der Waals surface area contributed by atoms with Crippen molar-refractivity contribution >= 4 is 35.0 Å². The quantitative estimate of drug-likeness (QED) is 0.604. The molecule has 0 atom stereocenters. The predicted octanol–water partition coefficient (Wildman–Crippen LogP) is 2.04. The Balaban J connectivity index is 1.20. The Labute approximate surface area is 190 Å². The maximum Gasteiger partial charge on any atom is 0.262 e. The van der Waals surface area contributed by atoms with Crippen molar-refractivity contribution in [2.45, 2.75) is 0 Å². The van der Waals surface area contributed by atoms with Gasteiger partial charge in [-0.05, 0) is 24.3 Å². The molecule has 0 radical (unpaired) electrons. The average Bonchev–Trinajstić information content (AvgIpc) is 3.10. The van der Waals surface area contributed by atoms with Crippen LogP contribution < -0.4 is 15.1 Å². The maximum absolute atomic E-state index is 12.6. The van der Waals surface area contributed by atoms with Crippen molar-refractivity contribution in [1.82, 2.24) is 14.9 Å². The molecule has 3 aromatic rings. The third kappa shape index (κ3) is 4.12. The van der Waals surface area contributed by atoms with Crippen molar-refractivity contribution in [3.05, 3.63) is 78.1 Å². The lowest BCUT2D eigenvalue weighted by atomic mass is 10.1. The summed E-state index contributed by atoms with van der Waals surface area (Å²) in [5, 5.41) is 2.68. The fraction of sp³-hybridized carbons (Fsp3) is 0.208. The number of imide groups is 1. The van der Waals surface area contributed by atoms with E-state index in [2.05, 4.69) is 37.2 Å². The first-order valence-corrected chi connectivity index (χ1v) is 10.7.